The quantitative estimate of drug-likeness (QED) is 0.786. The average molecular weight is 332 g/mol. The van der Waals surface area contributed by atoms with Gasteiger partial charge in [0.05, 0.1) is 5.69 Å². The molecule has 0 saturated carbocycles. The van der Waals surface area contributed by atoms with Gasteiger partial charge in [0.1, 0.15) is 4.21 Å². The molecule has 6 heteroatoms. The lowest BCUT2D eigenvalue weighted by atomic mass is 10.2. The van der Waals surface area contributed by atoms with Gasteiger partial charge >= 0.3 is 0 Å². The lowest BCUT2D eigenvalue weighted by Gasteiger charge is -2.12. The van der Waals surface area contributed by atoms with Gasteiger partial charge in [-0.3, -0.25) is 4.72 Å². The third-order valence-electron chi connectivity index (χ3n) is 3.35. The average Bonchev–Trinajstić information content (AvgIpc) is 3.12. The maximum Gasteiger partial charge on any atom is 0.271 e. The van der Waals surface area contributed by atoms with Crippen LogP contribution < -0.4 is 4.72 Å². The van der Waals surface area contributed by atoms with E-state index in [-0.39, 0.29) is 0 Å². The molecule has 2 aromatic heterocycles. The molecule has 0 atom stereocenters. The predicted molar refractivity (Wildman–Crippen MR) is 90.4 cm³/mol. The highest BCUT2D eigenvalue weighted by Gasteiger charge is 2.17. The van der Waals surface area contributed by atoms with Crippen molar-refractivity contribution >= 4 is 27.0 Å². The summed E-state index contributed by atoms with van der Waals surface area (Å²) in [6.07, 6.45) is 3.84. The van der Waals surface area contributed by atoms with Gasteiger partial charge in [-0.2, -0.15) is 0 Å². The Bertz CT molecular complexity index is 894. The van der Waals surface area contributed by atoms with E-state index in [4.69, 9.17) is 0 Å². The molecular formula is C16H16N2O2S2. The van der Waals surface area contributed by atoms with Crippen molar-refractivity contribution in [2.45, 2.75) is 18.1 Å². The SMILES string of the molecule is Cc1ccc(S(=O)(=O)Nc2cc(-n3cccc3)ccc2C)s1. The Kier molecular flexibility index (Phi) is 3.80. The second-order valence-corrected chi connectivity index (χ2v) is 8.26. The number of aryl methyl sites for hydroxylation is 2. The van der Waals surface area contributed by atoms with Crippen LogP contribution in [-0.2, 0) is 10.0 Å². The lowest BCUT2D eigenvalue weighted by molar-refractivity contribution is 0.603. The molecule has 0 amide bonds. The zero-order chi connectivity index (χ0) is 15.7. The zero-order valence-corrected chi connectivity index (χ0v) is 13.9. The molecule has 0 fully saturated rings. The summed E-state index contributed by atoms with van der Waals surface area (Å²) in [4.78, 5) is 0.971. The first kappa shape index (κ1) is 14.9. The van der Waals surface area contributed by atoms with Crippen molar-refractivity contribution in [2.75, 3.05) is 4.72 Å². The van der Waals surface area contributed by atoms with Crippen LogP contribution in [0.15, 0.2) is 59.1 Å². The van der Waals surface area contributed by atoms with Crippen molar-refractivity contribution in [3.05, 3.63) is 65.3 Å². The van der Waals surface area contributed by atoms with Crippen LogP contribution in [0, 0.1) is 13.8 Å². The van der Waals surface area contributed by atoms with Gasteiger partial charge in [-0.25, -0.2) is 8.42 Å². The maximum absolute atomic E-state index is 12.5. The Morgan fingerprint density at radius 3 is 2.41 bits per heavy atom. The van der Waals surface area contributed by atoms with Crippen molar-refractivity contribution in [1.82, 2.24) is 4.57 Å². The topological polar surface area (TPSA) is 51.1 Å². The summed E-state index contributed by atoms with van der Waals surface area (Å²) in [7, 11) is -3.54. The summed E-state index contributed by atoms with van der Waals surface area (Å²) in [5, 5.41) is 0. The number of anilines is 1. The molecule has 0 aliphatic heterocycles. The van der Waals surface area contributed by atoms with E-state index in [1.807, 2.05) is 67.2 Å². The first-order valence-electron chi connectivity index (χ1n) is 6.79. The van der Waals surface area contributed by atoms with Crippen molar-refractivity contribution in [3.8, 4) is 5.69 Å². The van der Waals surface area contributed by atoms with Crippen molar-refractivity contribution in [2.24, 2.45) is 0 Å². The van der Waals surface area contributed by atoms with Crippen LogP contribution in [0.3, 0.4) is 0 Å². The third-order valence-corrected chi connectivity index (χ3v) is 6.21. The number of nitrogens with zero attached hydrogens (tertiary/aromatic N) is 1. The third kappa shape index (κ3) is 2.93. The molecule has 114 valence electrons. The molecule has 0 bridgehead atoms. The lowest BCUT2D eigenvalue weighted by Crippen LogP contribution is -2.12. The largest absolute Gasteiger partial charge is 0.324 e. The van der Waals surface area contributed by atoms with E-state index in [2.05, 4.69) is 4.72 Å². The van der Waals surface area contributed by atoms with Crippen LogP contribution in [0.25, 0.3) is 5.69 Å². The summed E-state index contributed by atoms with van der Waals surface area (Å²) >= 11 is 1.27. The van der Waals surface area contributed by atoms with Gasteiger partial charge in [0.25, 0.3) is 10.0 Å². The van der Waals surface area contributed by atoms with Gasteiger partial charge < -0.3 is 4.57 Å². The standard InChI is InChI=1S/C16H16N2O2S2/c1-12-5-7-14(18-9-3-4-10-18)11-15(12)17-22(19,20)16-8-6-13(2)21-16/h3-11,17H,1-2H3. The summed E-state index contributed by atoms with van der Waals surface area (Å²) < 4.78 is 29.9. The first-order chi connectivity index (χ1) is 10.5. The van der Waals surface area contributed by atoms with Crippen LogP contribution in [-0.4, -0.2) is 13.0 Å². The van der Waals surface area contributed by atoms with E-state index in [0.29, 0.717) is 9.90 Å². The van der Waals surface area contributed by atoms with Gasteiger partial charge in [-0.15, -0.1) is 11.3 Å². The Balaban J connectivity index is 1.97. The Labute approximate surface area is 134 Å². The molecule has 0 unspecified atom stereocenters. The Morgan fingerprint density at radius 1 is 1.05 bits per heavy atom. The van der Waals surface area contributed by atoms with Gasteiger partial charge in [0.15, 0.2) is 0 Å². The molecule has 3 aromatic rings. The molecule has 0 aliphatic carbocycles. The molecule has 0 radical (unpaired) electrons. The van der Waals surface area contributed by atoms with Crippen LogP contribution >= 0.6 is 11.3 Å². The highest BCUT2D eigenvalue weighted by molar-refractivity contribution is 7.94. The van der Waals surface area contributed by atoms with E-state index < -0.39 is 10.0 Å². The molecular weight excluding hydrogens is 316 g/mol. The molecule has 4 nitrogen and oxygen atoms in total. The van der Waals surface area contributed by atoms with E-state index >= 15 is 0 Å². The molecule has 1 aromatic carbocycles. The molecule has 0 spiro atoms. The minimum absolute atomic E-state index is 0.329. The summed E-state index contributed by atoms with van der Waals surface area (Å²) in [6, 6.07) is 13.0. The van der Waals surface area contributed by atoms with Crippen LogP contribution in [0.4, 0.5) is 5.69 Å². The minimum Gasteiger partial charge on any atom is -0.324 e. The van der Waals surface area contributed by atoms with Crippen LogP contribution in [0.2, 0.25) is 0 Å². The fourth-order valence-electron chi connectivity index (χ4n) is 2.14. The highest BCUT2D eigenvalue weighted by atomic mass is 32.2. The second kappa shape index (κ2) is 5.62. The van der Waals surface area contributed by atoms with E-state index in [0.717, 1.165) is 16.1 Å². The van der Waals surface area contributed by atoms with Crippen molar-refractivity contribution in [1.29, 1.82) is 0 Å². The summed E-state index contributed by atoms with van der Waals surface area (Å²) in [5.41, 5.74) is 2.39. The number of aromatic nitrogens is 1. The Morgan fingerprint density at radius 2 is 1.77 bits per heavy atom. The molecule has 0 aliphatic rings. The number of hydrogen-bond acceptors (Lipinski definition) is 3. The smallest absolute Gasteiger partial charge is 0.271 e. The maximum atomic E-state index is 12.5. The van der Waals surface area contributed by atoms with Gasteiger partial charge in [0, 0.05) is 23.0 Å². The number of thiophene rings is 1. The zero-order valence-electron chi connectivity index (χ0n) is 12.3. The van der Waals surface area contributed by atoms with Gasteiger partial charge in [0.2, 0.25) is 0 Å². The molecule has 3 rings (SSSR count). The van der Waals surface area contributed by atoms with Gasteiger partial charge in [-0.05, 0) is 55.8 Å². The minimum atomic E-state index is -3.54. The summed E-state index contributed by atoms with van der Waals surface area (Å²) in [5.74, 6) is 0. The van der Waals surface area contributed by atoms with Gasteiger partial charge in [-0.1, -0.05) is 6.07 Å². The number of rotatable bonds is 4. The first-order valence-corrected chi connectivity index (χ1v) is 9.09. The Hall–Kier alpha value is -2.05. The molecule has 1 N–H and O–H groups in total. The number of nitrogens with one attached hydrogen (secondary N) is 1. The van der Waals surface area contributed by atoms with Crippen molar-refractivity contribution in [3.63, 3.8) is 0 Å². The summed E-state index contributed by atoms with van der Waals surface area (Å²) in [6.45, 7) is 3.78. The molecule has 22 heavy (non-hydrogen) atoms. The molecule has 0 saturated heterocycles. The fraction of sp³-hybridized carbons (Fsp3) is 0.125. The molecule has 2 heterocycles. The van der Waals surface area contributed by atoms with Crippen LogP contribution in [0.5, 0.6) is 0 Å². The number of benzene rings is 1. The van der Waals surface area contributed by atoms with E-state index in [1.165, 1.54) is 11.3 Å². The monoisotopic (exact) mass is 332 g/mol. The van der Waals surface area contributed by atoms with Crippen molar-refractivity contribution < 1.29 is 8.42 Å². The van der Waals surface area contributed by atoms with E-state index in [1.54, 1.807) is 6.07 Å². The fourth-order valence-corrected chi connectivity index (χ4v) is 4.54. The van der Waals surface area contributed by atoms with E-state index in [9.17, 15) is 8.42 Å². The predicted octanol–water partition coefficient (Wildman–Crippen LogP) is 3.96. The van der Waals surface area contributed by atoms with Crippen LogP contribution in [0.1, 0.15) is 10.4 Å². The number of hydrogen-bond donors (Lipinski definition) is 1. The second-order valence-electron chi connectivity index (χ2n) is 5.06. The number of sulfonamides is 1. The normalized spacial score (nSPS) is 11.5. The highest BCUT2D eigenvalue weighted by Crippen LogP contribution is 2.26.